The van der Waals surface area contributed by atoms with Gasteiger partial charge in [-0.3, -0.25) is 4.79 Å². The summed E-state index contributed by atoms with van der Waals surface area (Å²) in [7, 11) is 1.53. The zero-order valence-electron chi connectivity index (χ0n) is 13.9. The number of carbonyl (C=O) groups excluding carboxylic acids is 1. The Kier molecular flexibility index (Phi) is 4.68. The maximum atomic E-state index is 14.3. The lowest BCUT2D eigenvalue weighted by atomic mass is 9.97. The number of carbonyl (C=O) groups is 1. The van der Waals surface area contributed by atoms with Crippen LogP contribution in [0.1, 0.15) is 12.8 Å². The molecular formula is C18H17F4NO3. The molecule has 1 amide bonds. The predicted octanol–water partition coefficient (Wildman–Crippen LogP) is 3.78. The summed E-state index contributed by atoms with van der Waals surface area (Å²) in [5.74, 6) is -0.151. The quantitative estimate of drug-likeness (QED) is 0.814. The molecule has 1 aliphatic rings. The van der Waals surface area contributed by atoms with E-state index in [2.05, 4.69) is 5.32 Å². The summed E-state index contributed by atoms with van der Waals surface area (Å²) >= 11 is 0. The first-order valence-corrected chi connectivity index (χ1v) is 7.96. The highest BCUT2D eigenvalue weighted by Gasteiger charge is 2.54. The van der Waals surface area contributed by atoms with Crippen molar-refractivity contribution in [3.05, 3.63) is 36.4 Å². The summed E-state index contributed by atoms with van der Waals surface area (Å²) in [5.41, 5.74) is -2.95. The molecule has 1 N–H and O–H groups in total. The largest absolute Gasteiger partial charge is 0.497 e. The highest BCUT2D eigenvalue weighted by molar-refractivity contribution is 5.89. The van der Waals surface area contributed by atoms with Gasteiger partial charge in [0.2, 0.25) is 0 Å². The van der Waals surface area contributed by atoms with E-state index in [0.29, 0.717) is 11.5 Å². The summed E-state index contributed by atoms with van der Waals surface area (Å²) in [5, 5.41) is 3.88. The molecule has 0 radical (unpaired) electrons. The lowest BCUT2D eigenvalue weighted by Crippen LogP contribution is -2.38. The maximum absolute atomic E-state index is 14.3. The third-order valence-corrected chi connectivity index (χ3v) is 4.28. The van der Waals surface area contributed by atoms with Crippen LogP contribution in [0.2, 0.25) is 0 Å². The molecular weight excluding hydrogens is 354 g/mol. The fourth-order valence-electron chi connectivity index (χ4n) is 3.09. The highest BCUT2D eigenvalue weighted by Crippen LogP contribution is 2.37. The van der Waals surface area contributed by atoms with E-state index in [1.807, 2.05) is 12.1 Å². The van der Waals surface area contributed by atoms with E-state index < -0.39 is 36.6 Å². The molecule has 0 saturated carbocycles. The zero-order chi connectivity index (χ0) is 18.9. The van der Waals surface area contributed by atoms with Crippen molar-refractivity contribution in [2.75, 3.05) is 13.7 Å². The molecule has 8 heteroatoms. The van der Waals surface area contributed by atoms with Crippen LogP contribution in [0.15, 0.2) is 36.4 Å². The fraction of sp³-hybridized carbons (Fsp3) is 0.389. The van der Waals surface area contributed by atoms with E-state index in [1.54, 1.807) is 24.3 Å². The van der Waals surface area contributed by atoms with Crippen LogP contribution in [0.25, 0.3) is 10.8 Å². The van der Waals surface area contributed by atoms with Crippen molar-refractivity contribution in [2.24, 2.45) is 0 Å². The van der Waals surface area contributed by atoms with Gasteiger partial charge in [-0.15, -0.1) is 0 Å². The summed E-state index contributed by atoms with van der Waals surface area (Å²) in [6.07, 6.45) is -7.14. The average Bonchev–Trinajstić information content (AvgIpc) is 2.84. The van der Waals surface area contributed by atoms with Gasteiger partial charge in [-0.25, -0.2) is 4.39 Å². The average molecular weight is 371 g/mol. The summed E-state index contributed by atoms with van der Waals surface area (Å²) in [4.78, 5) is 11.6. The van der Waals surface area contributed by atoms with Gasteiger partial charge in [0, 0.05) is 11.8 Å². The van der Waals surface area contributed by atoms with Crippen molar-refractivity contribution in [1.29, 1.82) is 0 Å². The highest BCUT2D eigenvalue weighted by atomic mass is 19.4. The molecule has 0 unspecified atom stereocenters. The number of alkyl halides is 4. The van der Waals surface area contributed by atoms with Crippen molar-refractivity contribution in [1.82, 2.24) is 5.32 Å². The second kappa shape index (κ2) is 6.66. The molecule has 26 heavy (non-hydrogen) atoms. The Morgan fingerprint density at radius 1 is 1.27 bits per heavy atom. The minimum atomic E-state index is -4.76. The molecule has 3 rings (SSSR count). The Morgan fingerprint density at radius 3 is 2.73 bits per heavy atom. The number of rotatable bonds is 5. The lowest BCUT2D eigenvalue weighted by Gasteiger charge is -2.18. The first kappa shape index (κ1) is 18.3. The summed E-state index contributed by atoms with van der Waals surface area (Å²) in [6, 6.07) is 9.88. The molecule has 2 aromatic rings. The van der Waals surface area contributed by atoms with E-state index in [-0.39, 0.29) is 6.61 Å². The van der Waals surface area contributed by atoms with Gasteiger partial charge >= 0.3 is 6.18 Å². The van der Waals surface area contributed by atoms with E-state index >= 15 is 0 Å². The second-order valence-corrected chi connectivity index (χ2v) is 6.29. The maximum Gasteiger partial charge on any atom is 0.392 e. The predicted molar refractivity (Wildman–Crippen MR) is 87.1 cm³/mol. The lowest BCUT2D eigenvalue weighted by molar-refractivity contribution is -0.168. The first-order valence-electron chi connectivity index (χ1n) is 7.96. The Labute approximate surface area is 147 Å². The number of fused-ring (bicyclic) bond motifs is 1. The van der Waals surface area contributed by atoms with Crippen LogP contribution < -0.4 is 14.8 Å². The van der Waals surface area contributed by atoms with Crippen molar-refractivity contribution in [3.8, 4) is 11.5 Å². The number of hydrogen-bond acceptors (Lipinski definition) is 3. The summed E-state index contributed by atoms with van der Waals surface area (Å²) in [6.45, 7) is -0.133. The normalized spacial score (nSPS) is 23.1. The number of hydrogen-bond donors (Lipinski definition) is 1. The molecule has 1 heterocycles. The van der Waals surface area contributed by atoms with E-state index in [1.165, 1.54) is 7.11 Å². The van der Waals surface area contributed by atoms with E-state index in [4.69, 9.17) is 9.47 Å². The van der Waals surface area contributed by atoms with Gasteiger partial charge < -0.3 is 14.8 Å². The smallest absolute Gasteiger partial charge is 0.392 e. The van der Waals surface area contributed by atoms with Crippen molar-refractivity contribution < 1.29 is 31.8 Å². The number of nitrogens with one attached hydrogen (secondary N) is 1. The molecule has 0 aliphatic carbocycles. The molecule has 0 aromatic heterocycles. The minimum absolute atomic E-state index is 0.133. The molecule has 2 atom stereocenters. The standard InChI is InChI=1S/C18H17F4NO3/c1-25-13-6-5-11-3-2-4-15(14(11)7-13)26-9-12-8-17(19,16(24)23-12)10-18(20,21)22/h2-7,12H,8-10H2,1H3,(H,23,24)/t12-,17-/m0/s1. The molecule has 1 fully saturated rings. The zero-order valence-corrected chi connectivity index (χ0v) is 13.9. The molecule has 4 nitrogen and oxygen atoms in total. The monoisotopic (exact) mass is 371 g/mol. The molecule has 1 aliphatic heterocycles. The summed E-state index contributed by atoms with van der Waals surface area (Å²) < 4.78 is 62.6. The Hall–Kier alpha value is -2.51. The topological polar surface area (TPSA) is 47.6 Å². The molecule has 2 aromatic carbocycles. The van der Waals surface area contributed by atoms with Gasteiger partial charge in [0.15, 0.2) is 5.67 Å². The van der Waals surface area contributed by atoms with Crippen molar-refractivity contribution in [2.45, 2.75) is 30.7 Å². The molecule has 140 valence electrons. The second-order valence-electron chi connectivity index (χ2n) is 6.29. The van der Waals surface area contributed by atoms with E-state index in [9.17, 15) is 22.4 Å². The van der Waals surface area contributed by atoms with Crippen LogP contribution in [-0.2, 0) is 4.79 Å². The van der Waals surface area contributed by atoms with Gasteiger partial charge in [-0.1, -0.05) is 18.2 Å². The van der Waals surface area contributed by atoms with Crippen LogP contribution in [0.5, 0.6) is 11.5 Å². The number of halogens is 4. The van der Waals surface area contributed by atoms with Gasteiger partial charge in [-0.2, -0.15) is 13.2 Å². The van der Waals surface area contributed by atoms with Crippen LogP contribution in [-0.4, -0.2) is 37.5 Å². The number of methoxy groups -OCH3 is 1. The van der Waals surface area contributed by atoms with Crippen LogP contribution in [0, 0.1) is 0 Å². The Morgan fingerprint density at radius 2 is 2.04 bits per heavy atom. The molecule has 1 saturated heterocycles. The van der Waals surface area contributed by atoms with Crippen molar-refractivity contribution >= 4 is 16.7 Å². The number of amides is 1. The van der Waals surface area contributed by atoms with Gasteiger partial charge in [0.05, 0.1) is 19.6 Å². The van der Waals surface area contributed by atoms with Gasteiger partial charge in [-0.05, 0) is 23.6 Å². The number of benzene rings is 2. The van der Waals surface area contributed by atoms with E-state index in [0.717, 1.165) is 10.8 Å². The minimum Gasteiger partial charge on any atom is -0.497 e. The third kappa shape index (κ3) is 3.84. The number of ether oxygens (including phenoxy) is 2. The van der Waals surface area contributed by atoms with Crippen molar-refractivity contribution in [3.63, 3.8) is 0 Å². The van der Waals surface area contributed by atoms with Crippen LogP contribution in [0.3, 0.4) is 0 Å². The van der Waals surface area contributed by atoms with Crippen LogP contribution in [0.4, 0.5) is 17.6 Å². The molecule has 0 spiro atoms. The Balaban J connectivity index is 1.72. The third-order valence-electron chi connectivity index (χ3n) is 4.28. The van der Waals surface area contributed by atoms with Crippen LogP contribution >= 0.6 is 0 Å². The fourth-order valence-corrected chi connectivity index (χ4v) is 3.09. The van der Waals surface area contributed by atoms with Gasteiger partial charge in [0.1, 0.15) is 18.1 Å². The van der Waals surface area contributed by atoms with Gasteiger partial charge in [0.25, 0.3) is 5.91 Å². The first-order chi connectivity index (χ1) is 12.2. The SMILES string of the molecule is COc1ccc2cccc(OC[C@@H]3C[C@](F)(CC(F)(F)F)C(=O)N3)c2c1. The Bertz CT molecular complexity index is 824. The molecule has 0 bridgehead atoms.